The van der Waals surface area contributed by atoms with E-state index in [2.05, 4.69) is 26.0 Å². The zero-order chi connectivity index (χ0) is 27.8. The van der Waals surface area contributed by atoms with Crippen LogP contribution in [-0.2, 0) is 33.4 Å². The maximum atomic E-state index is 13.2. The van der Waals surface area contributed by atoms with Crippen LogP contribution in [0.1, 0.15) is 38.8 Å². The van der Waals surface area contributed by atoms with Crippen LogP contribution >= 0.6 is 0 Å². The summed E-state index contributed by atoms with van der Waals surface area (Å²) in [5.41, 5.74) is -1.95. The Morgan fingerprint density at radius 1 is 0.973 bits per heavy atom. The molecule has 204 valence electrons. The fourth-order valence-corrected chi connectivity index (χ4v) is 3.86. The Hall–Kier alpha value is -3.87. The quantitative estimate of drug-likeness (QED) is 0.254. The molecular weight excluding hydrogens is 488 g/mol. The lowest BCUT2D eigenvalue weighted by molar-refractivity contribution is -0.151. The lowest BCUT2D eigenvalue weighted by Gasteiger charge is -2.33. The lowest BCUT2D eigenvalue weighted by atomic mass is 9.84. The van der Waals surface area contributed by atoms with Crippen molar-refractivity contribution in [1.29, 1.82) is 0 Å². The maximum absolute atomic E-state index is 13.2. The number of benzene rings is 1. The van der Waals surface area contributed by atoms with Crippen molar-refractivity contribution < 1.29 is 42.9 Å². The van der Waals surface area contributed by atoms with E-state index in [0.717, 1.165) is 7.11 Å². The Bertz CT molecular complexity index is 1010. The average molecular weight is 523 g/mol. The topological polar surface area (TPSA) is 170 Å². The first-order valence-electron chi connectivity index (χ1n) is 11.5. The Kier molecular flexibility index (Phi) is 9.83. The van der Waals surface area contributed by atoms with Gasteiger partial charge in [-0.1, -0.05) is 12.1 Å². The molecule has 1 aliphatic rings. The molecule has 0 bridgehead atoms. The van der Waals surface area contributed by atoms with Gasteiger partial charge in [0.1, 0.15) is 24.4 Å². The normalized spacial score (nSPS) is 20.8. The van der Waals surface area contributed by atoms with Gasteiger partial charge in [0.25, 0.3) is 0 Å². The van der Waals surface area contributed by atoms with Crippen molar-refractivity contribution in [3.63, 3.8) is 0 Å². The Morgan fingerprint density at radius 2 is 1.62 bits per heavy atom. The van der Waals surface area contributed by atoms with Crippen LogP contribution in [0.15, 0.2) is 24.3 Å². The molecule has 1 aromatic rings. The summed E-state index contributed by atoms with van der Waals surface area (Å²) < 4.78 is 19.9. The number of amides is 3. The molecule has 1 heterocycles. The van der Waals surface area contributed by atoms with Gasteiger partial charge < -0.3 is 34.9 Å². The number of carbonyl (C=O) groups is 5. The first-order chi connectivity index (χ1) is 17.3. The van der Waals surface area contributed by atoms with E-state index >= 15 is 0 Å². The van der Waals surface area contributed by atoms with Gasteiger partial charge in [0.05, 0.1) is 33.4 Å². The summed E-state index contributed by atoms with van der Waals surface area (Å²) in [5, 5.41) is 10.5. The molecule has 0 aromatic heterocycles. The van der Waals surface area contributed by atoms with Crippen molar-refractivity contribution >= 4 is 29.8 Å². The van der Waals surface area contributed by atoms with Gasteiger partial charge in [-0.25, -0.2) is 9.59 Å². The highest BCUT2D eigenvalue weighted by Gasteiger charge is 2.56. The van der Waals surface area contributed by atoms with Gasteiger partial charge in [0.15, 0.2) is 5.54 Å². The SMILES string of the molecule is COC(=O)CNC(=O)[C@H]1C[C@@](NC(=O)CNC(=O)OC(C)(C)C)(C(=O)OC)[C@@H](c2ccc(OC)cc2)N1. The third-order valence-corrected chi connectivity index (χ3v) is 5.49. The molecule has 1 fully saturated rings. The number of esters is 2. The molecule has 0 radical (unpaired) electrons. The van der Waals surface area contributed by atoms with Crippen LogP contribution in [0.3, 0.4) is 0 Å². The fraction of sp³-hybridized carbons (Fsp3) is 0.542. The second-order valence-corrected chi connectivity index (χ2v) is 9.29. The minimum absolute atomic E-state index is 0.207. The van der Waals surface area contributed by atoms with Crippen molar-refractivity contribution in [2.75, 3.05) is 34.4 Å². The molecular formula is C24H34N4O9. The van der Waals surface area contributed by atoms with E-state index in [1.165, 1.54) is 14.2 Å². The molecule has 1 aromatic carbocycles. The van der Waals surface area contributed by atoms with Gasteiger partial charge in [-0.2, -0.15) is 0 Å². The van der Waals surface area contributed by atoms with E-state index in [1.54, 1.807) is 45.0 Å². The van der Waals surface area contributed by atoms with E-state index in [1.807, 2.05) is 0 Å². The minimum atomic E-state index is -1.73. The predicted molar refractivity (Wildman–Crippen MR) is 129 cm³/mol. The summed E-state index contributed by atoms with van der Waals surface area (Å²) in [6.45, 7) is 4.15. The average Bonchev–Trinajstić information content (AvgIpc) is 3.24. The highest BCUT2D eigenvalue weighted by Crippen LogP contribution is 2.38. The first-order valence-corrected chi connectivity index (χ1v) is 11.5. The molecule has 0 aliphatic carbocycles. The number of nitrogens with one attached hydrogen (secondary N) is 4. The van der Waals surface area contributed by atoms with Crippen molar-refractivity contribution in [3.05, 3.63) is 29.8 Å². The van der Waals surface area contributed by atoms with Crippen molar-refractivity contribution in [2.45, 2.75) is 50.4 Å². The molecule has 1 saturated heterocycles. The lowest BCUT2D eigenvalue weighted by Crippen LogP contribution is -2.59. The van der Waals surface area contributed by atoms with E-state index in [-0.39, 0.29) is 13.0 Å². The molecule has 4 N–H and O–H groups in total. The van der Waals surface area contributed by atoms with Gasteiger partial charge in [0.2, 0.25) is 11.8 Å². The second kappa shape index (κ2) is 12.4. The van der Waals surface area contributed by atoms with Gasteiger partial charge in [-0.3, -0.25) is 19.7 Å². The summed E-state index contributed by atoms with van der Waals surface area (Å²) in [5.74, 6) is -2.21. The third-order valence-electron chi connectivity index (χ3n) is 5.49. The van der Waals surface area contributed by atoms with E-state index < -0.39 is 59.6 Å². The van der Waals surface area contributed by atoms with Crippen LogP contribution in [0.2, 0.25) is 0 Å². The molecule has 0 unspecified atom stereocenters. The van der Waals surface area contributed by atoms with Crippen LogP contribution in [0.25, 0.3) is 0 Å². The molecule has 37 heavy (non-hydrogen) atoms. The maximum Gasteiger partial charge on any atom is 0.408 e. The van der Waals surface area contributed by atoms with Crippen LogP contribution in [0.5, 0.6) is 5.75 Å². The van der Waals surface area contributed by atoms with Gasteiger partial charge >= 0.3 is 18.0 Å². The first kappa shape index (κ1) is 29.4. The molecule has 3 atom stereocenters. The second-order valence-electron chi connectivity index (χ2n) is 9.29. The Morgan fingerprint density at radius 3 is 2.16 bits per heavy atom. The van der Waals surface area contributed by atoms with Crippen LogP contribution in [0.4, 0.5) is 4.79 Å². The Balaban J connectivity index is 2.34. The highest BCUT2D eigenvalue weighted by atomic mass is 16.6. The zero-order valence-electron chi connectivity index (χ0n) is 21.8. The summed E-state index contributed by atoms with van der Waals surface area (Å²) in [7, 11) is 3.84. The summed E-state index contributed by atoms with van der Waals surface area (Å²) in [6.07, 6.45) is -1.02. The molecule has 3 amide bonds. The number of rotatable bonds is 9. The molecule has 1 aliphatic heterocycles. The number of ether oxygens (including phenoxy) is 4. The van der Waals surface area contributed by atoms with Gasteiger partial charge in [-0.05, 0) is 38.5 Å². The molecule has 0 spiro atoms. The number of carbonyl (C=O) groups excluding carboxylic acids is 5. The summed E-state index contributed by atoms with van der Waals surface area (Å²) in [6, 6.07) is 4.77. The minimum Gasteiger partial charge on any atom is -0.497 e. The summed E-state index contributed by atoms with van der Waals surface area (Å²) in [4.78, 5) is 62.4. The van der Waals surface area contributed by atoms with E-state index in [4.69, 9.17) is 14.2 Å². The largest absolute Gasteiger partial charge is 0.497 e. The van der Waals surface area contributed by atoms with Crippen molar-refractivity contribution in [1.82, 2.24) is 21.3 Å². The smallest absolute Gasteiger partial charge is 0.408 e. The number of methoxy groups -OCH3 is 3. The molecule has 13 nitrogen and oxygen atoms in total. The van der Waals surface area contributed by atoms with E-state index in [9.17, 15) is 24.0 Å². The number of hydrogen-bond acceptors (Lipinski definition) is 10. The van der Waals surface area contributed by atoms with Crippen molar-refractivity contribution in [3.8, 4) is 5.75 Å². The molecule has 2 rings (SSSR count). The van der Waals surface area contributed by atoms with Crippen LogP contribution < -0.4 is 26.0 Å². The fourth-order valence-electron chi connectivity index (χ4n) is 3.86. The third kappa shape index (κ3) is 7.81. The predicted octanol–water partition coefficient (Wildman–Crippen LogP) is -0.0599. The molecule has 13 heteroatoms. The number of alkyl carbamates (subject to hydrolysis) is 1. The van der Waals surface area contributed by atoms with E-state index in [0.29, 0.717) is 11.3 Å². The Labute approximate surface area is 214 Å². The summed E-state index contributed by atoms with van der Waals surface area (Å²) >= 11 is 0. The monoisotopic (exact) mass is 522 g/mol. The highest BCUT2D eigenvalue weighted by molar-refractivity contribution is 5.94. The van der Waals surface area contributed by atoms with Gasteiger partial charge in [0, 0.05) is 6.42 Å². The van der Waals surface area contributed by atoms with Crippen LogP contribution in [-0.4, -0.2) is 81.4 Å². The van der Waals surface area contributed by atoms with Crippen LogP contribution in [0, 0.1) is 0 Å². The molecule has 0 saturated carbocycles. The van der Waals surface area contributed by atoms with Gasteiger partial charge in [-0.15, -0.1) is 0 Å². The zero-order valence-corrected chi connectivity index (χ0v) is 21.8. The van der Waals surface area contributed by atoms with Crippen molar-refractivity contribution in [2.24, 2.45) is 0 Å². The number of hydrogen-bond donors (Lipinski definition) is 4. The standard InChI is InChI=1S/C24H34N4O9/c1-23(2,3)37-22(33)26-12-17(29)28-24(21(32)36-6)11-16(20(31)25-13-18(30)35-5)27-19(24)14-7-9-15(34-4)10-8-14/h7-10,16,19,27H,11-13H2,1-6H3,(H,25,31)(H,26,33)(H,28,29)/t16-,19-,24+/m1/s1.